The Hall–Kier alpha value is -1.16. The highest BCUT2D eigenvalue weighted by Gasteiger charge is 2.26. The second-order valence-electron chi connectivity index (χ2n) is 4.16. The van der Waals surface area contributed by atoms with E-state index in [1.165, 1.54) is 12.2 Å². The zero-order valence-electron chi connectivity index (χ0n) is 8.57. The van der Waals surface area contributed by atoms with Gasteiger partial charge in [0.05, 0.1) is 5.41 Å². The average Bonchev–Trinajstić information content (AvgIpc) is 2.07. The summed E-state index contributed by atoms with van der Waals surface area (Å²) in [6.07, 6.45) is 2.08. The molecule has 1 aliphatic rings. The number of carbonyl (C=O) groups excluding carboxylic acids is 2. The number of rotatable bonds is 1. The van der Waals surface area contributed by atoms with Gasteiger partial charge in [0.2, 0.25) is 6.29 Å². The van der Waals surface area contributed by atoms with Crippen LogP contribution in [0.4, 0.5) is 0 Å². The van der Waals surface area contributed by atoms with Gasteiger partial charge in [-0.05, 0) is 32.9 Å². The van der Waals surface area contributed by atoms with E-state index in [1.807, 2.05) is 0 Å². The molecule has 1 atom stereocenters. The lowest BCUT2D eigenvalue weighted by Crippen LogP contribution is -2.31. The van der Waals surface area contributed by atoms with Crippen molar-refractivity contribution in [1.29, 1.82) is 0 Å². The quantitative estimate of drug-likeness (QED) is 0.591. The van der Waals surface area contributed by atoms with Crippen molar-refractivity contribution in [3.05, 3.63) is 12.2 Å². The van der Waals surface area contributed by atoms with Crippen molar-refractivity contribution in [2.75, 3.05) is 6.61 Å². The summed E-state index contributed by atoms with van der Waals surface area (Å²) >= 11 is 0. The second-order valence-corrected chi connectivity index (χ2v) is 4.16. The van der Waals surface area contributed by atoms with Crippen LogP contribution in [0.3, 0.4) is 0 Å². The first-order valence-electron chi connectivity index (χ1n) is 4.43. The Morgan fingerprint density at radius 3 is 2.64 bits per heavy atom. The number of ether oxygens (including phenoxy) is 2. The molecule has 0 saturated heterocycles. The topological polar surface area (TPSA) is 52.6 Å². The molecule has 0 saturated carbocycles. The maximum Gasteiger partial charge on any atom is 0.313 e. The van der Waals surface area contributed by atoms with Crippen LogP contribution in [-0.4, -0.2) is 24.6 Å². The Bertz CT molecular complexity index is 272. The molecule has 0 aromatic rings. The third-order valence-electron chi connectivity index (χ3n) is 1.66. The maximum atomic E-state index is 11.4. The standard InChI is InChI=1S/C10H14O4/c1-10(2,3)9(12)14-8-5-4-7(11)6-13-8/h4-5,8H,6H2,1-3H3/t8-/m0/s1. The van der Waals surface area contributed by atoms with Crippen LogP contribution in [0.15, 0.2) is 12.2 Å². The van der Waals surface area contributed by atoms with Crippen LogP contribution < -0.4 is 0 Å². The van der Waals surface area contributed by atoms with Crippen molar-refractivity contribution in [3.8, 4) is 0 Å². The van der Waals surface area contributed by atoms with E-state index >= 15 is 0 Å². The largest absolute Gasteiger partial charge is 0.431 e. The monoisotopic (exact) mass is 198 g/mol. The molecule has 1 rings (SSSR count). The molecule has 0 radical (unpaired) electrons. The minimum atomic E-state index is -0.723. The first-order valence-corrected chi connectivity index (χ1v) is 4.43. The van der Waals surface area contributed by atoms with Crippen molar-refractivity contribution >= 4 is 11.8 Å². The van der Waals surface area contributed by atoms with E-state index in [1.54, 1.807) is 20.8 Å². The molecule has 0 unspecified atom stereocenters. The van der Waals surface area contributed by atoms with E-state index in [0.29, 0.717) is 0 Å². The van der Waals surface area contributed by atoms with Gasteiger partial charge in [0, 0.05) is 0 Å². The lowest BCUT2D eigenvalue weighted by atomic mass is 9.97. The predicted octanol–water partition coefficient (Wildman–Crippen LogP) is 1.06. The van der Waals surface area contributed by atoms with Gasteiger partial charge in [-0.1, -0.05) is 0 Å². The van der Waals surface area contributed by atoms with E-state index in [9.17, 15) is 9.59 Å². The van der Waals surface area contributed by atoms with Crippen molar-refractivity contribution in [2.45, 2.75) is 27.1 Å². The number of esters is 1. The normalized spacial score (nSPS) is 22.2. The zero-order chi connectivity index (χ0) is 10.8. The summed E-state index contributed by atoms with van der Waals surface area (Å²) in [4.78, 5) is 22.1. The molecule has 14 heavy (non-hydrogen) atoms. The third kappa shape index (κ3) is 2.96. The first-order chi connectivity index (χ1) is 6.39. The minimum Gasteiger partial charge on any atom is -0.431 e. The Balaban J connectivity index is 2.50. The number of hydrogen-bond acceptors (Lipinski definition) is 4. The molecular formula is C10H14O4. The van der Waals surface area contributed by atoms with Crippen molar-refractivity contribution in [1.82, 2.24) is 0 Å². The van der Waals surface area contributed by atoms with Gasteiger partial charge in [-0.3, -0.25) is 9.59 Å². The minimum absolute atomic E-state index is 0.0292. The van der Waals surface area contributed by atoms with Crippen LogP contribution in [0, 0.1) is 5.41 Å². The summed E-state index contributed by atoms with van der Waals surface area (Å²) in [6, 6.07) is 0. The van der Waals surface area contributed by atoms with Crippen LogP contribution >= 0.6 is 0 Å². The molecule has 0 N–H and O–H groups in total. The van der Waals surface area contributed by atoms with E-state index in [4.69, 9.17) is 9.47 Å². The smallest absolute Gasteiger partial charge is 0.313 e. The summed E-state index contributed by atoms with van der Waals surface area (Å²) in [6.45, 7) is 5.24. The van der Waals surface area contributed by atoms with Crippen LogP contribution in [0.1, 0.15) is 20.8 Å². The van der Waals surface area contributed by atoms with Crippen LogP contribution in [0.2, 0.25) is 0 Å². The molecule has 0 spiro atoms. The molecule has 0 aromatic heterocycles. The molecule has 1 aliphatic heterocycles. The van der Waals surface area contributed by atoms with Gasteiger partial charge in [-0.2, -0.15) is 0 Å². The zero-order valence-corrected chi connectivity index (χ0v) is 8.57. The summed E-state index contributed by atoms with van der Waals surface area (Å²) in [7, 11) is 0. The maximum absolute atomic E-state index is 11.4. The van der Waals surface area contributed by atoms with Crippen LogP contribution in [-0.2, 0) is 19.1 Å². The molecule has 0 aliphatic carbocycles. The fraction of sp³-hybridized carbons (Fsp3) is 0.600. The second kappa shape index (κ2) is 3.92. The number of carbonyl (C=O) groups is 2. The Kier molecular flexibility index (Phi) is 3.06. The van der Waals surface area contributed by atoms with Gasteiger partial charge in [-0.15, -0.1) is 0 Å². The van der Waals surface area contributed by atoms with Gasteiger partial charge in [0.1, 0.15) is 6.61 Å². The van der Waals surface area contributed by atoms with Crippen LogP contribution in [0.5, 0.6) is 0 Å². The van der Waals surface area contributed by atoms with E-state index < -0.39 is 11.7 Å². The lowest BCUT2D eigenvalue weighted by Gasteiger charge is -2.22. The highest BCUT2D eigenvalue weighted by atomic mass is 16.7. The molecule has 4 heteroatoms. The van der Waals surface area contributed by atoms with Gasteiger partial charge < -0.3 is 9.47 Å². The average molecular weight is 198 g/mol. The Morgan fingerprint density at radius 1 is 1.57 bits per heavy atom. The summed E-state index contributed by atoms with van der Waals surface area (Å²) in [5.74, 6) is -0.463. The highest BCUT2D eigenvalue weighted by Crippen LogP contribution is 2.17. The van der Waals surface area contributed by atoms with E-state index in [-0.39, 0.29) is 18.4 Å². The molecule has 78 valence electrons. The molecule has 0 fully saturated rings. The third-order valence-corrected chi connectivity index (χ3v) is 1.66. The number of ketones is 1. The molecule has 0 aromatic carbocycles. The molecule has 4 nitrogen and oxygen atoms in total. The summed E-state index contributed by atoms with van der Waals surface area (Å²) in [5.41, 5.74) is -0.557. The molecular weight excluding hydrogens is 184 g/mol. The molecule has 0 bridgehead atoms. The fourth-order valence-electron chi connectivity index (χ4n) is 0.809. The lowest BCUT2D eigenvalue weighted by molar-refractivity contribution is -0.180. The first kappa shape index (κ1) is 10.9. The predicted molar refractivity (Wildman–Crippen MR) is 49.4 cm³/mol. The summed E-state index contributed by atoms with van der Waals surface area (Å²) < 4.78 is 9.98. The van der Waals surface area contributed by atoms with Crippen LogP contribution in [0.25, 0.3) is 0 Å². The Morgan fingerprint density at radius 2 is 2.21 bits per heavy atom. The molecule has 0 amide bonds. The van der Waals surface area contributed by atoms with Gasteiger partial charge in [-0.25, -0.2) is 0 Å². The SMILES string of the molecule is CC(C)(C)C(=O)O[C@H]1C=CC(=O)CO1. The van der Waals surface area contributed by atoms with Crippen molar-refractivity contribution < 1.29 is 19.1 Å². The Labute approximate surface area is 82.9 Å². The highest BCUT2D eigenvalue weighted by molar-refractivity contribution is 5.91. The van der Waals surface area contributed by atoms with E-state index in [2.05, 4.69) is 0 Å². The summed E-state index contributed by atoms with van der Waals surface area (Å²) in [5, 5.41) is 0. The van der Waals surface area contributed by atoms with Crippen molar-refractivity contribution in [3.63, 3.8) is 0 Å². The van der Waals surface area contributed by atoms with Gasteiger partial charge in [0.15, 0.2) is 5.78 Å². The molecule has 1 heterocycles. The van der Waals surface area contributed by atoms with Gasteiger partial charge >= 0.3 is 5.97 Å². The van der Waals surface area contributed by atoms with E-state index in [0.717, 1.165) is 0 Å². The van der Waals surface area contributed by atoms with Crippen molar-refractivity contribution in [2.24, 2.45) is 5.41 Å². The fourth-order valence-corrected chi connectivity index (χ4v) is 0.809. The number of hydrogen-bond donors (Lipinski definition) is 0. The van der Waals surface area contributed by atoms with Gasteiger partial charge in [0.25, 0.3) is 0 Å².